The first-order chi connectivity index (χ1) is 12.3. The number of carbonyl (C=O) groups excluding carboxylic acids is 2. The third-order valence-electron chi connectivity index (χ3n) is 4.48. The van der Waals surface area contributed by atoms with Crippen molar-refractivity contribution in [2.45, 2.75) is 45.6 Å². The van der Waals surface area contributed by atoms with Crippen molar-refractivity contribution in [3.05, 3.63) is 30.0 Å². The number of methoxy groups -OCH3 is 1. The lowest BCUT2D eigenvalue weighted by Crippen LogP contribution is -2.29. The molecule has 6 nitrogen and oxygen atoms in total. The third-order valence-corrected chi connectivity index (χ3v) is 4.48. The van der Waals surface area contributed by atoms with Crippen molar-refractivity contribution in [1.29, 1.82) is 0 Å². The molecule has 1 aromatic carbocycles. The Balaban J connectivity index is 1.98. The predicted molar refractivity (Wildman–Crippen MR) is 99.6 cm³/mol. The van der Waals surface area contributed by atoms with E-state index in [0.29, 0.717) is 11.3 Å². The summed E-state index contributed by atoms with van der Waals surface area (Å²) >= 11 is 0. The van der Waals surface area contributed by atoms with Gasteiger partial charge in [-0.15, -0.1) is 0 Å². The number of ether oxygens (including phenoxy) is 2. The van der Waals surface area contributed by atoms with Gasteiger partial charge in [-0.3, -0.25) is 9.36 Å². The number of hydrogen-bond donors (Lipinski definition) is 0. The third kappa shape index (κ3) is 3.84. The largest absolute Gasteiger partial charge is 0.497 e. The monoisotopic (exact) mass is 358 g/mol. The molecule has 0 atom stereocenters. The van der Waals surface area contributed by atoms with Crippen LogP contribution in [0.25, 0.3) is 10.9 Å². The molecule has 1 aliphatic heterocycles. The van der Waals surface area contributed by atoms with Crippen LogP contribution in [0.3, 0.4) is 0 Å². The second-order valence-corrected chi connectivity index (χ2v) is 7.65. The van der Waals surface area contributed by atoms with Gasteiger partial charge in [0.15, 0.2) is 0 Å². The standard InChI is InChI=1S/C20H26N2O4/c1-20(2,3)26-19(24)22-13-14(11-18(23)21-9-5-6-10-21)16-12-15(25-4)7-8-17(16)22/h7-8,12-13H,5-6,9-11H2,1-4H3. The summed E-state index contributed by atoms with van der Waals surface area (Å²) in [5.74, 6) is 0.780. The number of carbonyl (C=O) groups is 2. The van der Waals surface area contributed by atoms with E-state index < -0.39 is 11.7 Å². The lowest BCUT2D eigenvalue weighted by atomic mass is 10.1. The van der Waals surface area contributed by atoms with Crippen LogP contribution in [0.1, 0.15) is 39.2 Å². The fourth-order valence-corrected chi connectivity index (χ4v) is 3.25. The summed E-state index contributed by atoms with van der Waals surface area (Å²) in [6, 6.07) is 5.49. The number of aromatic nitrogens is 1. The smallest absolute Gasteiger partial charge is 0.419 e. The van der Waals surface area contributed by atoms with E-state index in [1.54, 1.807) is 19.4 Å². The molecular weight excluding hydrogens is 332 g/mol. The van der Waals surface area contributed by atoms with Crippen LogP contribution in [-0.4, -0.2) is 47.3 Å². The number of nitrogens with zero attached hydrogens (tertiary/aromatic N) is 2. The van der Waals surface area contributed by atoms with Gasteiger partial charge in [0.2, 0.25) is 5.91 Å². The first-order valence-corrected chi connectivity index (χ1v) is 8.97. The van der Waals surface area contributed by atoms with Crippen LogP contribution in [0.4, 0.5) is 4.79 Å². The zero-order valence-electron chi connectivity index (χ0n) is 15.9. The number of fused-ring (bicyclic) bond motifs is 1. The molecule has 3 rings (SSSR count). The van der Waals surface area contributed by atoms with E-state index in [-0.39, 0.29) is 12.3 Å². The highest BCUT2D eigenvalue weighted by Crippen LogP contribution is 2.28. The minimum Gasteiger partial charge on any atom is -0.497 e. The van der Waals surface area contributed by atoms with Gasteiger partial charge in [0.1, 0.15) is 11.4 Å². The molecule has 2 heterocycles. The normalized spacial score (nSPS) is 14.7. The first kappa shape index (κ1) is 18.3. The highest BCUT2D eigenvalue weighted by molar-refractivity contribution is 5.95. The van der Waals surface area contributed by atoms with Crippen molar-refractivity contribution < 1.29 is 19.1 Å². The van der Waals surface area contributed by atoms with Crippen LogP contribution in [0.2, 0.25) is 0 Å². The molecule has 26 heavy (non-hydrogen) atoms. The van der Waals surface area contributed by atoms with Crippen LogP contribution in [0, 0.1) is 0 Å². The molecule has 0 spiro atoms. The molecule has 0 aliphatic carbocycles. The molecule has 1 amide bonds. The number of benzene rings is 1. The Morgan fingerprint density at radius 2 is 1.85 bits per heavy atom. The van der Waals surface area contributed by atoms with E-state index in [4.69, 9.17) is 9.47 Å². The Hall–Kier alpha value is -2.50. The van der Waals surface area contributed by atoms with Crippen molar-refractivity contribution in [3.8, 4) is 5.75 Å². The summed E-state index contributed by atoms with van der Waals surface area (Å²) in [7, 11) is 1.60. The molecule has 0 unspecified atom stereocenters. The Labute approximate surface area is 153 Å². The molecule has 6 heteroatoms. The van der Waals surface area contributed by atoms with Gasteiger partial charge in [-0.1, -0.05) is 0 Å². The van der Waals surface area contributed by atoms with Crippen LogP contribution in [0.5, 0.6) is 5.75 Å². The van der Waals surface area contributed by atoms with Gasteiger partial charge in [-0.2, -0.15) is 0 Å². The number of amides is 1. The topological polar surface area (TPSA) is 60.8 Å². The molecule has 1 fully saturated rings. The predicted octanol–water partition coefficient (Wildman–Crippen LogP) is 3.60. The van der Waals surface area contributed by atoms with Crippen LogP contribution >= 0.6 is 0 Å². The lowest BCUT2D eigenvalue weighted by molar-refractivity contribution is -0.129. The maximum Gasteiger partial charge on any atom is 0.419 e. The quantitative estimate of drug-likeness (QED) is 0.841. The average molecular weight is 358 g/mol. The molecule has 1 aliphatic rings. The highest BCUT2D eigenvalue weighted by atomic mass is 16.6. The first-order valence-electron chi connectivity index (χ1n) is 8.97. The van der Waals surface area contributed by atoms with Crippen LogP contribution in [0.15, 0.2) is 24.4 Å². The van der Waals surface area contributed by atoms with Crippen molar-refractivity contribution in [3.63, 3.8) is 0 Å². The van der Waals surface area contributed by atoms with Gasteiger partial charge in [0.25, 0.3) is 0 Å². The molecule has 2 aromatic rings. The minimum atomic E-state index is -0.592. The van der Waals surface area contributed by atoms with Gasteiger partial charge in [0, 0.05) is 24.7 Å². The summed E-state index contributed by atoms with van der Waals surface area (Å²) in [6.07, 6.45) is 3.64. The average Bonchev–Trinajstić information content (AvgIpc) is 3.21. The molecule has 1 saturated heterocycles. The van der Waals surface area contributed by atoms with E-state index in [9.17, 15) is 9.59 Å². The molecule has 0 N–H and O–H groups in total. The van der Waals surface area contributed by atoms with Crippen LogP contribution < -0.4 is 4.74 Å². The Kier molecular flexibility index (Phi) is 4.94. The fourth-order valence-electron chi connectivity index (χ4n) is 3.25. The maximum absolute atomic E-state index is 12.6. The van der Waals surface area contributed by atoms with E-state index in [1.165, 1.54) is 4.57 Å². The second-order valence-electron chi connectivity index (χ2n) is 7.65. The summed E-state index contributed by atoms with van der Waals surface area (Å²) < 4.78 is 12.3. The number of rotatable bonds is 3. The van der Waals surface area contributed by atoms with Gasteiger partial charge >= 0.3 is 6.09 Å². The molecule has 0 saturated carbocycles. The summed E-state index contributed by atoms with van der Waals surface area (Å²) in [4.78, 5) is 27.1. The van der Waals surface area contributed by atoms with E-state index in [1.807, 2.05) is 37.8 Å². The highest BCUT2D eigenvalue weighted by Gasteiger charge is 2.24. The number of likely N-dealkylation sites (tertiary alicyclic amines) is 1. The molecular formula is C20H26N2O4. The molecule has 0 bridgehead atoms. The molecule has 1 aromatic heterocycles. The molecule has 0 radical (unpaired) electrons. The summed E-state index contributed by atoms with van der Waals surface area (Å²) in [5, 5.41) is 0.836. The van der Waals surface area contributed by atoms with Gasteiger partial charge < -0.3 is 14.4 Å². The maximum atomic E-state index is 12.6. The molecule has 140 valence electrons. The van der Waals surface area contributed by atoms with E-state index in [2.05, 4.69) is 0 Å². The van der Waals surface area contributed by atoms with Crippen molar-refractivity contribution >= 4 is 22.9 Å². The van der Waals surface area contributed by atoms with Gasteiger partial charge in [-0.05, 0) is 57.4 Å². The van der Waals surface area contributed by atoms with Crippen molar-refractivity contribution in [1.82, 2.24) is 9.47 Å². The second kappa shape index (κ2) is 7.02. The Bertz CT molecular complexity index is 826. The fraction of sp³-hybridized carbons (Fsp3) is 0.500. The SMILES string of the molecule is COc1ccc2c(c1)c(CC(=O)N1CCCC1)cn2C(=O)OC(C)(C)C. The zero-order valence-corrected chi connectivity index (χ0v) is 15.9. The Morgan fingerprint density at radius 3 is 2.46 bits per heavy atom. The van der Waals surface area contributed by atoms with Crippen LogP contribution in [-0.2, 0) is 16.0 Å². The number of hydrogen-bond acceptors (Lipinski definition) is 4. The van der Waals surface area contributed by atoms with Gasteiger partial charge in [-0.25, -0.2) is 4.79 Å². The van der Waals surface area contributed by atoms with E-state index >= 15 is 0 Å². The summed E-state index contributed by atoms with van der Waals surface area (Å²) in [6.45, 7) is 7.12. The lowest BCUT2D eigenvalue weighted by Gasteiger charge is -2.19. The van der Waals surface area contributed by atoms with Crippen molar-refractivity contribution in [2.75, 3.05) is 20.2 Å². The Morgan fingerprint density at radius 1 is 1.15 bits per heavy atom. The van der Waals surface area contributed by atoms with Crippen molar-refractivity contribution in [2.24, 2.45) is 0 Å². The van der Waals surface area contributed by atoms with Gasteiger partial charge in [0.05, 0.1) is 19.0 Å². The summed E-state index contributed by atoms with van der Waals surface area (Å²) in [5.41, 5.74) is 0.928. The minimum absolute atomic E-state index is 0.0913. The zero-order chi connectivity index (χ0) is 18.9. The van der Waals surface area contributed by atoms with E-state index in [0.717, 1.165) is 36.9 Å².